The Labute approximate surface area is 108 Å². The molecule has 1 aromatic rings. The normalized spacial score (nSPS) is 14.0. The summed E-state index contributed by atoms with van der Waals surface area (Å²) in [5.41, 5.74) is 0. The van der Waals surface area contributed by atoms with Gasteiger partial charge >= 0.3 is 0 Å². The number of sulfonamides is 1. The molecule has 1 heterocycles. The molecule has 0 radical (unpaired) electrons. The van der Waals surface area contributed by atoms with Crippen molar-refractivity contribution < 1.29 is 17.9 Å². The highest BCUT2D eigenvalue weighted by molar-refractivity contribution is 7.89. The summed E-state index contributed by atoms with van der Waals surface area (Å²) in [4.78, 5) is 0. The van der Waals surface area contributed by atoms with E-state index in [0.717, 1.165) is 12.8 Å². The van der Waals surface area contributed by atoms with Gasteiger partial charge in [0, 0.05) is 6.54 Å². The fourth-order valence-electron chi connectivity index (χ4n) is 1.68. The predicted molar refractivity (Wildman–Crippen MR) is 69.5 cm³/mol. The first-order chi connectivity index (χ1) is 8.48. The van der Waals surface area contributed by atoms with Gasteiger partial charge in [-0.25, -0.2) is 13.1 Å². The van der Waals surface area contributed by atoms with Crippen LogP contribution in [0.4, 0.5) is 0 Å². The first-order valence-corrected chi connectivity index (χ1v) is 7.82. The minimum absolute atomic E-state index is 0.0595. The van der Waals surface area contributed by atoms with E-state index >= 15 is 0 Å². The SMILES string of the molecule is CCC(CC)CS(=O)(=O)NCC(O)c1ccco1. The molecular formula is C12H21NO4S. The molecule has 6 heteroatoms. The van der Waals surface area contributed by atoms with Gasteiger partial charge in [-0.3, -0.25) is 0 Å². The number of hydrogen-bond donors (Lipinski definition) is 2. The number of aliphatic hydroxyl groups excluding tert-OH is 1. The van der Waals surface area contributed by atoms with Crippen LogP contribution in [0.2, 0.25) is 0 Å². The molecule has 1 atom stereocenters. The predicted octanol–water partition coefficient (Wildman–Crippen LogP) is 1.67. The Hall–Kier alpha value is -0.850. The van der Waals surface area contributed by atoms with Crippen molar-refractivity contribution in [2.75, 3.05) is 12.3 Å². The zero-order chi connectivity index (χ0) is 13.6. The summed E-state index contributed by atoms with van der Waals surface area (Å²) >= 11 is 0. The van der Waals surface area contributed by atoms with E-state index in [1.165, 1.54) is 6.26 Å². The topological polar surface area (TPSA) is 79.5 Å². The van der Waals surface area contributed by atoms with Crippen LogP contribution in [0.5, 0.6) is 0 Å². The largest absolute Gasteiger partial charge is 0.467 e. The van der Waals surface area contributed by atoms with Crippen LogP contribution >= 0.6 is 0 Å². The van der Waals surface area contributed by atoms with Gasteiger partial charge in [-0.1, -0.05) is 26.7 Å². The van der Waals surface area contributed by atoms with Crippen LogP contribution in [0.3, 0.4) is 0 Å². The first kappa shape index (κ1) is 15.2. The van der Waals surface area contributed by atoms with Gasteiger partial charge in [0.25, 0.3) is 0 Å². The molecule has 1 unspecified atom stereocenters. The maximum Gasteiger partial charge on any atom is 0.211 e. The molecule has 0 aliphatic rings. The second-order valence-electron chi connectivity index (χ2n) is 4.34. The zero-order valence-corrected chi connectivity index (χ0v) is 11.6. The van der Waals surface area contributed by atoms with Gasteiger partial charge in [-0.15, -0.1) is 0 Å². The van der Waals surface area contributed by atoms with Crippen molar-refractivity contribution >= 4 is 10.0 Å². The first-order valence-electron chi connectivity index (χ1n) is 6.17. The molecule has 18 heavy (non-hydrogen) atoms. The second kappa shape index (κ2) is 6.92. The number of hydrogen-bond acceptors (Lipinski definition) is 4. The monoisotopic (exact) mass is 275 g/mol. The summed E-state index contributed by atoms with van der Waals surface area (Å²) in [5.74, 6) is 0.619. The lowest BCUT2D eigenvalue weighted by Crippen LogP contribution is -2.32. The van der Waals surface area contributed by atoms with Gasteiger partial charge in [0.1, 0.15) is 11.9 Å². The van der Waals surface area contributed by atoms with Crippen molar-refractivity contribution in [3.05, 3.63) is 24.2 Å². The molecule has 0 saturated heterocycles. The molecule has 104 valence electrons. The van der Waals surface area contributed by atoms with Gasteiger partial charge in [0.2, 0.25) is 10.0 Å². The van der Waals surface area contributed by atoms with Crippen LogP contribution in [0.1, 0.15) is 38.6 Å². The van der Waals surface area contributed by atoms with Gasteiger partial charge in [0.15, 0.2) is 0 Å². The van der Waals surface area contributed by atoms with E-state index in [1.54, 1.807) is 12.1 Å². The Bertz CT molecular complexity index is 423. The number of furan rings is 1. The molecule has 0 amide bonds. The third-order valence-corrected chi connectivity index (χ3v) is 4.49. The number of aliphatic hydroxyl groups is 1. The zero-order valence-electron chi connectivity index (χ0n) is 10.8. The minimum Gasteiger partial charge on any atom is -0.467 e. The number of rotatable bonds is 8. The van der Waals surface area contributed by atoms with Gasteiger partial charge < -0.3 is 9.52 Å². The average molecular weight is 275 g/mol. The molecule has 0 saturated carbocycles. The molecule has 0 spiro atoms. The van der Waals surface area contributed by atoms with Gasteiger partial charge in [0.05, 0.1) is 12.0 Å². The lowest BCUT2D eigenvalue weighted by molar-refractivity contribution is 0.154. The quantitative estimate of drug-likeness (QED) is 0.756. The molecule has 0 bridgehead atoms. The maximum atomic E-state index is 11.8. The maximum absolute atomic E-state index is 11.8. The van der Waals surface area contributed by atoms with Gasteiger partial charge in [-0.2, -0.15) is 0 Å². The highest BCUT2D eigenvalue weighted by Gasteiger charge is 2.19. The standard InChI is InChI=1S/C12H21NO4S/c1-3-10(4-2)9-18(15,16)13-8-11(14)12-6-5-7-17-12/h5-7,10-11,13-14H,3-4,8-9H2,1-2H3. The lowest BCUT2D eigenvalue weighted by Gasteiger charge is -2.14. The van der Waals surface area contributed by atoms with Crippen molar-refractivity contribution in [2.24, 2.45) is 5.92 Å². The van der Waals surface area contributed by atoms with Crippen molar-refractivity contribution in [3.63, 3.8) is 0 Å². The second-order valence-corrected chi connectivity index (χ2v) is 6.20. The minimum atomic E-state index is -3.34. The van der Waals surface area contributed by atoms with E-state index in [4.69, 9.17) is 4.42 Å². The Morgan fingerprint density at radius 3 is 2.56 bits per heavy atom. The summed E-state index contributed by atoms with van der Waals surface area (Å²) in [6.07, 6.45) is 2.16. The van der Waals surface area contributed by atoms with E-state index in [1.807, 2.05) is 13.8 Å². The molecule has 1 rings (SSSR count). The van der Waals surface area contributed by atoms with Crippen molar-refractivity contribution in [3.8, 4) is 0 Å². The number of nitrogens with one attached hydrogen (secondary N) is 1. The smallest absolute Gasteiger partial charge is 0.211 e. The molecule has 0 fully saturated rings. The third-order valence-electron chi connectivity index (χ3n) is 2.98. The fraction of sp³-hybridized carbons (Fsp3) is 0.667. The molecule has 1 aromatic heterocycles. The van der Waals surface area contributed by atoms with Crippen molar-refractivity contribution in [1.29, 1.82) is 0 Å². The Balaban J connectivity index is 2.46. The highest BCUT2D eigenvalue weighted by atomic mass is 32.2. The Kier molecular flexibility index (Phi) is 5.84. The molecule has 0 aliphatic heterocycles. The summed E-state index contributed by atoms with van der Waals surface area (Å²) in [6.45, 7) is 3.89. The van der Waals surface area contributed by atoms with Crippen LogP contribution in [-0.4, -0.2) is 25.8 Å². The summed E-state index contributed by atoms with van der Waals surface area (Å²) < 4.78 is 31.0. The van der Waals surface area contributed by atoms with E-state index in [9.17, 15) is 13.5 Å². The van der Waals surface area contributed by atoms with Crippen LogP contribution in [-0.2, 0) is 10.0 Å². The van der Waals surface area contributed by atoms with Crippen LogP contribution in [0.15, 0.2) is 22.8 Å². The van der Waals surface area contributed by atoms with Crippen LogP contribution in [0, 0.1) is 5.92 Å². The molecule has 0 aromatic carbocycles. The fourth-order valence-corrected chi connectivity index (χ4v) is 3.30. The molecule has 5 nitrogen and oxygen atoms in total. The van der Waals surface area contributed by atoms with Crippen LogP contribution < -0.4 is 4.72 Å². The summed E-state index contributed by atoms with van der Waals surface area (Å²) in [7, 11) is -3.34. The van der Waals surface area contributed by atoms with E-state index in [0.29, 0.717) is 5.76 Å². The molecular weight excluding hydrogens is 254 g/mol. The van der Waals surface area contributed by atoms with Crippen molar-refractivity contribution in [1.82, 2.24) is 4.72 Å². The lowest BCUT2D eigenvalue weighted by atomic mass is 10.1. The van der Waals surface area contributed by atoms with E-state index < -0.39 is 16.1 Å². The van der Waals surface area contributed by atoms with Crippen LogP contribution in [0.25, 0.3) is 0 Å². The third kappa shape index (κ3) is 4.80. The van der Waals surface area contributed by atoms with E-state index in [2.05, 4.69) is 4.72 Å². The molecule has 2 N–H and O–H groups in total. The van der Waals surface area contributed by atoms with Gasteiger partial charge in [-0.05, 0) is 18.1 Å². The summed E-state index contributed by atoms with van der Waals surface area (Å²) in [5, 5.41) is 9.70. The van der Waals surface area contributed by atoms with Crippen molar-refractivity contribution in [2.45, 2.75) is 32.8 Å². The Morgan fingerprint density at radius 2 is 2.06 bits per heavy atom. The molecule has 0 aliphatic carbocycles. The summed E-state index contributed by atoms with van der Waals surface area (Å²) in [6, 6.07) is 3.26. The highest BCUT2D eigenvalue weighted by Crippen LogP contribution is 2.13. The Morgan fingerprint density at radius 1 is 1.39 bits per heavy atom. The average Bonchev–Trinajstić information content (AvgIpc) is 2.87. The van der Waals surface area contributed by atoms with E-state index in [-0.39, 0.29) is 18.2 Å².